The minimum atomic E-state index is -0.812. The zero-order valence-electron chi connectivity index (χ0n) is 9.13. The van der Waals surface area contributed by atoms with E-state index in [1.807, 2.05) is 6.92 Å². The van der Waals surface area contributed by atoms with Gasteiger partial charge in [0.25, 0.3) is 0 Å². The molecule has 1 rings (SSSR count). The molecule has 0 aromatic carbocycles. The second-order valence-corrected chi connectivity index (χ2v) is 4.68. The highest BCUT2D eigenvalue weighted by Gasteiger charge is 2.36. The highest BCUT2D eigenvalue weighted by molar-refractivity contribution is 4.94. The predicted molar refractivity (Wildman–Crippen MR) is 58.1 cm³/mol. The SMILES string of the molecule is C=C(C)CCC(O)C1(O)CCCCC1. The van der Waals surface area contributed by atoms with E-state index in [0.29, 0.717) is 6.42 Å². The van der Waals surface area contributed by atoms with Crippen LogP contribution in [0, 0.1) is 0 Å². The number of aliphatic hydroxyl groups excluding tert-OH is 1. The zero-order valence-corrected chi connectivity index (χ0v) is 9.13. The molecule has 1 unspecified atom stereocenters. The Morgan fingerprint density at radius 3 is 2.43 bits per heavy atom. The lowest BCUT2D eigenvalue weighted by Gasteiger charge is -2.36. The lowest BCUT2D eigenvalue weighted by Crippen LogP contribution is -2.43. The number of hydrogen-bond donors (Lipinski definition) is 2. The molecule has 0 bridgehead atoms. The highest BCUT2D eigenvalue weighted by atomic mass is 16.3. The molecule has 2 heteroatoms. The van der Waals surface area contributed by atoms with Gasteiger partial charge in [-0.15, -0.1) is 6.58 Å². The van der Waals surface area contributed by atoms with Crippen LogP contribution in [-0.2, 0) is 0 Å². The maximum atomic E-state index is 10.2. The maximum absolute atomic E-state index is 10.2. The van der Waals surface area contributed by atoms with Crippen molar-refractivity contribution >= 4 is 0 Å². The van der Waals surface area contributed by atoms with Gasteiger partial charge in [0.15, 0.2) is 0 Å². The van der Waals surface area contributed by atoms with Crippen LogP contribution in [0.15, 0.2) is 12.2 Å². The fourth-order valence-corrected chi connectivity index (χ4v) is 2.15. The Kier molecular flexibility index (Phi) is 4.14. The fourth-order valence-electron chi connectivity index (χ4n) is 2.15. The van der Waals surface area contributed by atoms with Crippen molar-refractivity contribution in [1.82, 2.24) is 0 Å². The third-order valence-corrected chi connectivity index (χ3v) is 3.18. The van der Waals surface area contributed by atoms with Crippen LogP contribution in [-0.4, -0.2) is 21.9 Å². The summed E-state index contributed by atoms with van der Waals surface area (Å²) in [4.78, 5) is 0. The molecule has 0 aliphatic heterocycles. The van der Waals surface area contributed by atoms with Crippen LogP contribution >= 0.6 is 0 Å². The van der Waals surface area contributed by atoms with Crippen LogP contribution in [0.25, 0.3) is 0 Å². The van der Waals surface area contributed by atoms with Gasteiger partial charge >= 0.3 is 0 Å². The summed E-state index contributed by atoms with van der Waals surface area (Å²) < 4.78 is 0. The van der Waals surface area contributed by atoms with E-state index in [4.69, 9.17) is 0 Å². The molecule has 0 heterocycles. The lowest BCUT2D eigenvalue weighted by atomic mass is 9.79. The highest BCUT2D eigenvalue weighted by Crippen LogP contribution is 2.32. The van der Waals surface area contributed by atoms with Gasteiger partial charge in [0.1, 0.15) is 0 Å². The molecule has 2 nitrogen and oxygen atoms in total. The van der Waals surface area contributed by atoms with Crippen molar-refractivity contribution in [3.05, 3.63) is 12.2 Å². The van der Waals surface area contributed by atoms with E-state index in [-0.39, 0.29) is 0 Å². The van der Waals surface area contributed by atoms with Gasteiger partial charge in [0.05, 0.1) is 11.7 Å². The van der Waals surface area contributed by atoms with Crippen LogP contribution in [0.2, 0.25) is 0 Å². The molecule has 0 saturated heterocycles. The van der Waals surface area contributed by atoms with Gasteiger partial charge in [-0.05, 0) is 32.6 Å². The number of allylic oxidation sites excluding steroid dienone is 1. The first-order valence-electron chi connectivity index (χ1n) is 5.59. The van der Waals surface area contributed by atoms with Crippen molar-refractivity contribution < 1.29 is 10.2 Å². The van der Waals surface area contributed by atoms with Crippen molar-refractivity contribution in [3.63, 3.8) is 0 Å². The van der Waals surface area contributed by atoms with Crippen LogP contribution in [0.3, 0.4) is 0 Å². The molecule has 0 spiro atoms. The molecular formula is C12H22O2. The van der Waals surface area contributed by atoms with E-state index in [1.165, 1.54) is 6.42 Å². The van der Waals surface area contributed by atoms with Crippen LogP contribution < -0.4 is 0 Å². The van der Waals surface area contributed by atoms with Crippen molar-refractivity contribution in [2.75, 3.05) is 0 Å². The van der Waals surface area contributed by atoms with Crippen molar-refractivity contribution in [1.29, 1.82) is 0 Å². The normalized spacial score (nSPS) is 23.1. The quantitative estimate of drug-likeness (QED) is 0.681. The Morgan fingerprint density at radius 1 is 1.36 bits per heavy atom. The Bertz CT molecular complexity index is 192. The summed E-state index contributed by atoms with van der Waals surface area (Å²) in [5.41, 5.74) is 0.261. The minimum absolute atomic E-state index is 0.570. The summed E-state index contributed by atoms with van der Waals surface area (Å²) >= 11 is 0. The molecule has 82 valence electrons. The Morgan fingerprint density at radius 2 is 1.93 bits per heavy atom. The molecule has 1 aliphatic carbocycles. The van der Waals surface area contributed by atoms with Gasteiger partial charge in [0, 0.05) is 0 Å². The first-order valence-corrected chi connectivity index (χ1v) is 5.59. The Labute approximate surface area is 86.6 Å². The van der Waals surface area contributed by atoms with Crippen molar-refractivity contribution in [3.8, 4) is 0 Å². The van der Waals surface area contributed by atoms with Gasteiger partial charge in [-0.2, -0.15) is 0 Å². The first-order chi connectivity index (χ1) is 6.54. The molecule has 1 aliphatic rings. The maximum Gasteiger partial charge on any atom is 0.0905 e. The molecule has 0 aromatic heterocycles. The standard InChI is InChI=1S/C12H22O2/c1-10(2)6-7-11(13)12(14)8-4-3-5-9-12/h11,13-14H,1,3-9H2,2H3. The van der Waals surface area contributed by atoms with E-state index in [0.717, 1.165) is 37.7 Å². The Hall–Kier alpha value is -0.340. The molecule has 0 aromatic rings. The third-order valence-electron chi connectivity index (χ3n) is 3.18. The number of rotatable bonds is 4. The lowest BCUT2D eigenvalue weighted by molar-refractivity contribution is -0.0992. The topological polar surface area (TPSA) is 40.5 Å². The van der Waals surface area contributed by atoms with Gasteiger partial charge < -0.3 is 10.2 Å². The summed E-state index contributed by atoms with van der Waals surface area (Å²) in [7, 11) is 0. The molecule has 2 N–H and O–H groups in total. The summed E-state index contributed by atoms with van der Waals surface area (Å²) in [6, 6.07) is 0. The van der Waals surface area contributed by atoms with E-state index in [9.17, 15) is 10.2 Å². The molecule has 1 atom stereocenters. The average molecular weight is 198 g/mol. The minimum Gasteiger partial charge on any atom is -0.390 e. The largest absolute Gasteiger partial charge is 0.390 e. The fraction of sp³-hybridized carbons (Fsp3) is 0.833. The van der Waals surface area contributed by atoms with Crippen LogP contribution in [0.1, 0.15) is 51.9 Å². The van der Waals surface area contributed by atoms with Crippen LogP contribution in [0.4, 0.5) is 0 Å². The van der Waals surface area contributed by atoms with Gasteiger partial charge in [-0.25, -0.2) is 0 Å². The Balaban J connectivity index is 2.40. The monoisotopic (exact) mass is 198 g/mol. The summed E-state index contributed by atoms with van der Waals surface area (Å²) in [6.45, 7) is 5.76. The predicted octanol–water partition coefficient (Wildman–Crippen LogP) is 2.40. The third kappa shape index (κ3) is 3.10. The van der Waals surface area contributed by atoms with Gasteiger partial charge in [-0.3, -0.25) is 0 Å². The smallest absolute Gasteiger partial charge is 0.0905 e. The van der Waals surface area contributed by atoms with Gasteiger partial charge in [0.2, 0.25) is 0 Å². The second kappa shape index (κ2) is 4.94. The molecular weight excluding hydrogens is 176 g/mol. The second-order valence-electron chi connectivity index (χ2n) is 4.68. The van der Waals surface area contributed by atoms with E-state index in [1.54, 1.807) is 0 Å². The van der Waals surface area contributed by atoms with Gasteiger partial charge in [-0.1, -0.05) is 24.8 Å². The molecule has 1 saturated carbocycles. The molecule has 14 heavy (non-hydrogen) atoms. The van der Waals surface area contributed by atoms with E-state index < -0.39 is 11.7 Å². The molecule has 1 fully saturated rings. The van der Waals surface area contributed by atoms with Crippen LogP contribution in [0.5, 0.6) is 0 Å². The average Bonchev–Trinajstić information content (AvgIpc) is 2.15. The molecule has 0 amide bonds. The summed E-state index contributed by atoms with van der Waals surface area (Å²) in [5, 5.41) is 20.1. The van der Waals surface area contributed by atoms with Crippen molar-refractivity contribution in [2.24, 2.45) is 0 Å². The molecule has 0 radical (unpaired) electrons. The summed E-state index contributed by atoms with van der Waals surface area (Å²) in [6.07, 6.45) is 5.67. The van der Waals surface area contributed by atoms with E-state index >= 15 is 0 Å². The first kappa shape index (κ1) is 11.7. The summed E-state index contributed by atoms with van der Waals surface area (Å²) in [5.74, 6) is 0. The van der Waals surface area contributed by atoms with E-state index in [2.05, 4.69) is 6.58 Å². The zero-order chi connectivity index (χ0) is 10.6. The number of hydrogen-bond acceptors (Lipinski definition) is 2. The number of aliphatic hydroxyl groups is 2. The van der Waals surface area contributed by atoms with Crippen molar-refractivity contribution in [2.45, 2.75) is 63.6 Å².